The molecule has 0 atom stereocenters. The first kappa shape index (κ1) is 15.6. The Morgan fingerprint density at radius 2 is 1.68 bits per heavy atom. The molecule has 1 aliphatic rings. The number of hydrogen-bond acceptors (Lipinski definition) is 1. The molecule has 0 saturated carbocycles. The first-order valence-corrected chi connectivity index (χ1v) is 9.05. The van der Waals surface area contributed by atoms with Gasteiger partial charge in [0.2, 0.25) is 0 Å². The van der Waals surface area contributed by atoms with Crippen LogP contribution in [0.2, 0.25) is 0 Å². The highest BCUT2D eigenvalue weighted by Crippen LogP contribution is 2.46. The molecular formula is C21H26S. The molecule has 1 heteroatoms. The second-order valence-electron chi connectivity index (χ2n) is 7.87. The van der Waals surface area contributed by atoms with Crippen molar-refractivity contribution in [1.29, 1.82) is 0 Å². The maximum atomic E-state index is 2.44. The standard InChI is InChI=1S/C21H26S/c1-15(13-17-7-6-12-22-17)16-8-9-18-19(14-16)21(4,5)11-10-20(18,2)3/h6-9,12-14H,10-11H2,1-5H3/b15-13+. The number of fused-ring (bicyclic) bond motifs is 1. The summed E-state index contributed by atoms with van der Waals surface area (Å²) in [5, 5.41) is 2.14. The second kappa shape index (κ2) is 5.38. The summed E-state index contributed by atoms with van der Waals surface area (Å²) in [6.45, 7) is 11.8. The second-order valence-corrected chi connectivity index (χ2v) is 8.85. The van der Waals surface area contributed by atoms with Crippen molar-refractivity contribution in [2.75, 3.05) is 0 Å². The Balaban J connectivity index is 2.06. The van der Waals surface area contributed by atoms with Crippen LogP contribution >= 0.6 is 11.3 Å². The average molecular weight is 311 g/mol. The highest BCUT2D eigenvalue weighted by molar-refractivity contribution is 7.10. The first-order chi connectivity index (χ1) is 10.3. The Morgan fingerprint density at radius 3 is 2.32 bits per heavy atom. The van der Waals surface area contributed by atoms with Gasteiger partial charge in [-0.2, -0.15) is 0 Å². The fraction of sp³-hybridized carbons (Fsp3) is 0.429. The van der Waals surface area contributed by atoms with Gasteiger partial charge in [-0.1, -0.05) is 52.0 Å². The minimum Gasteiger partial charge on any atom is -0.144 e. The molecule has 0 saturated heterocycles. The minimum atomic E-state index is 0.282. The van der Waals surface area contributed by atoms with Crippen molar-refractivity contribution in [1.82, 2.24) is 0 Å². The predicted molar refractivity (Wildman–Crippen MR) is 99.6 cm³/mol. The molecule has 116 valence electrons. The van der Waals surface area contributed by atoms with E-state index in [0.717, 1.165) is 0 Å². The van der Waals surface area contributed by atoms with E-state index in [0.29, 0.717) is 5.41 Å². The van der Waals surface area contributed by atoms with Crippen LogP contribution in [0.15, 0.2) is 35.7 Å². The van der Waals surface area contributed by atoms with E-state index in [2.05, 4.69) is 76.4 Å². The Labute approximate surface area is 138 Å². The van der Waals surface area contributed by atoms with Crippen molar-refractivity contribution in [2.24, 2.45) is 0 Å². The molecule has 1 heterocycles. The van der Waals surface area contributed by atoms with E-state index in [1.54, 1.807) is 16.9 Å². The van der Waals surface area contributed by atoms with Gasteiger partial charge in [-0.3, -0.25) is 0 Å². The maximum absolute atomic E-state index is 2.44. The van der Waals surface area contributed by atoms with Gasteiger partial charge in [-0.15, -0.1) is 11.3 Å². The molecule has 3 rings (SSSR count). The van der Waals surface area contributed by atoms with Gasteiger partial charge >= 0.3 is 0 Å². The number of rotatable bonds is 2. The predicted octanol–water partition coefficient (Wildman–Crippen LogP) is 6.66. The molecular weight excluding hydrogens is 284 g/mol. The van der Waals surface area contributed by atoms with Crippen molar-refractivity contribution in [3.63, 3.8) is 0 Å². The zero-order valence-electron chi connectivity index (χ0n) is 14.4. The van der Waals surface area contributed by atoms with E-state index in [1.165, 1.54) is 34.4 Å². The largest absolute Gasteiger partial charge is 0.144 e. The quantitative estimate of drug-likeness (QED) is 0.582. The summed E-state index contributed by atoms with van der Waals surface area (Å²) in [5.74, 6) is 0. The van der Waals surface area contributed by atoms with Crippen LogP contribution in [0.5, 0.6) is 0 Å². The van der Waals surface area contributed by atoms with Gasteiger partial charge in [0.25, 0.3) is 0 Å². The summed E-state index contributed by atoms with van der Waals surface area (Å²) in [7, 11) is 0. The number of benzene rings is 1. The third kappa shape index (κ3) is 2.79. The Hall–Kier alpha value is -1.34. The molecule has 22 heavy (non-hydrogen) atoms. The van der Waals surface area contributed by atoms with Gasteiger partial charge < -0.3 is 0 Å². The van der Waals surface area contributed by atoms with Crippen molar-refractivity contribution in [3.05, 3.63) is 57.3 Å². The lowest BCUT2D eigenvalue weighted by atomic mass is 9.63. The Bertz CT molecular complexity index is 700. The van der Waals surface area contributed by atoms with E-state index in [1.807, 2.05) is 0 Å². The molecule has 0 aliphatic heterocycles. The molecule has 2 aromatic rings. The van der Waals surface area contributed by atoms with E-state index in [4.69, 9.17) is 0 Å². The number of thiophene rings is 1. The van der Waals surface area contributed by atoms with Gasteiger partial charge in [0.05, 0.1) is 0 Å². The van der Waals surface area contributed by atoms with Crippen LogP contribution in [0, 0.1) is 0 Å². The highest BCUT2D eigenvalue weighted by Gasteiger charge is 2.36. The zero-order valence-corrected chi connectivity index (χ0v) is 15.2. The molecule has 0 fully saturated rings. The monoisotopic (exact) mass is 310 g/mol. The molecule has 0 amide bonds. The van der Waals surface area contributed by atoms with Crippen LogP contribution < -0.4 is 0 Å². The summed E-state index contributed by atoms with van der Waals surface area (Å²) >= 11 is 1.80. The van der Waals surface area contributed by atoms with Crippen LogP contribution in [0.25, 0.3) is 11.6 Å². The molecule has 1 aromatic carbocycles. The Kier molecular flexibility index (Phi) is 3.81. The van der Waals surface area contributed by atoms with Gasteiger partial charge in [0, 0.05) is 4.88 Å². The lowest BCUT2D eigenvalue weighted by molar-refractivity contribution is 0.332. The van der Waals surface area contributed by atoms with E-state index in [-0.39, 0.29) is 5.41 Å². The van der Waals surface area contributed by atoms with Crippen molar-refractivity contribution < 1.29 is 0 Å². The lowest BCUT2D eigenvalue weighted by Gasteiger charge is -2.42. The van der Waals surface area contributed by atoms with E-state index in [9.17, 15) is 0 Å². The molecule has 0 bridgehead atoms. The van der Waals surface area contributed by atoms with Gasteiger partial charge in [-0.05, 0) is 70.4 Å². The first-order valence-electron chi connectivity index (χ1n) is 8.17. The summed E-state index contributed by atoms with van der Waals surface area (Å²) in [6, 6.07) is 11.4. The maximum Gasteiger partial charge on any atom is 0.0273 e. The summed E-state index contributed by atoms with van der Waals surface area (Å²) in [6.07, 6.45) is 4.84. The van der Waals surface area contributed by atoms with Crippen LogP contribution in [0.1, 0.15) is 69.0 Å². The Morgan fingerprint density at radius 1 is 1.00 bits per heavy atom. The van der Waals surface area contributed by atoms with Crippen LogP contribution in [-0.4, -0.2) is 0 Å². The van der Waals surface area contributed by atoms with Crippen LogP contribution in [0.3, 0.4) is 0 Å². The van der Waals surface area contributed by atoms with Crippen molar-refractivity contribution in [3.8, 4) is 0 Å². The third-order valence-electron chi connectivity index (χ3n) is 5.21. The average Bonchev–Trinajstić information content (AvgIpc) is 2.96. The molecule has 0 N–H and O–H groups in total. The summed E-state index contributed by atoms with van der Waals surface area (Å²) in [4.78, 5) is 1.33. The van der Waals surface area contributed by atoms with Crippen molar-refractivity contribution >= 4 is 23.0 Å². The molecule has 1 aromatic heterocycles. The van der Waals surface area contributed by atoms with Gasteiger partial charge in [0.1, 0.15) is 0 Å². The molecule has 0 radical (unpaired) electrons. The summed E-state index contributed by atoms with van der Waals surface area (Å²) in [5.41, 5.74) is 6.37. The SMILES string of the molecule is C/C(=C\c1cccs1)c1ccc2c(c1)C(C)(C)CCC2(C)C. The molecule has 0 nitrogen and oxygen atoms in total. The molecule has 0 spiro atoms. The van der Waals surface area contributed by atoms with E-state index < -0.39 is 0 Å². The fourth-order valence-electron chi connectivity index (χ4n) is 3.50. The van der Waals surface area contributed by atoms with E-state index >= 15 is 0 Å². The number of hydrogen-bond donors (Lipinski definition) is 0. The van der Waals surface area contributed by atoms with Crippen LogP contribution in [-0.2, 0) is 10.8 Å². The fourth-order valence-corrected chi connectivity index (χ4v) is 4.22. The number of allylic oxidation sites excluding steroid dienone is 1. The topological polar surface area (TPSA) is 0 Å². The molecule has 1 aliphatic carbocycles. The third-order valence-corrected chi connectivity index (χ3v) is 6.03. The smallest absolute Gasteiger partial charge is 0.0273 e. The van der Waals surface area contributed by atoms with Gasteiger partial charge in [0.15, 0.2) is 0 Å². The van der Waals surface area contributed by atoms with Crippen molar-refractivity contribution in [2.45, 2.75) is 58.3 Å². The normalized spacial score (nSPS) is 19.8. The summed E-state index contributed by atoms with van der Waals surface area (Å²) < 4.78 is 0. The minimum absolute atomic E-state index is 0.282. The van der Waals surface area contributed by atoms with Gasteiger partial charge in [-0.25, -0.2) is 0 Å². The highest BCUT2D eigenvalue weighted by atomic mass is 32.1. The zero-order chi connectivity index (χ0) is 16.0. The van der Waals surface area contributed by atoms with Crippen LogP contribution in [0.4, 0.5) is 0 Å². The molecule has 0 unspecified atom stereocenters. The lowest BCUT2D eigenvalue weighted by Crippen LogP contribution is -2.33.